The smallest absolute Gasteiger partial charge is 0.266 e. The number of nitrogens with zero attached hydrogens (tertiary/aromatic N) is 3. The second-order valence-corrected chi connectivity index (χ2v) is 9.34. The second-order valence-electron chi connectivity index (χ2n) is 7.29. The third-order valence-corrected chi connectivity index (χ3v) is 6.73. The fraction of sp³-hybridized carbons (Fsp3) is 0.316. The zero-order valence-electron chi connectivity index (χ0n) is 16.3. The average Bonchev–Trinajstić information content (AvgIpc) is 3.25. The number of hydrogen-bond donors (Lipinski definition) is 2. The summed E-state index contributed by atoms with van der Waals surface area (Å²) in [6.07, 6.45) is 2.08. The molecule has 0 aliphatic heterocycles. The van der Waals surface area contributed by atoms with Crippen molar-refractivity contribution in [3.8, 4) is 5.75 Å². The number of anilines is 1. The van der Waals surface area contributed by atoms with Crippen molar-refractivity contribution in [3.63, 3.8) is 0 Å². The van der Waals surface area contributed by atoms with Crippen molar-refractivity contribution < 1.29 is 26.3 Å². The number of halogens is 4. The Hall–Kier alpha value is -2.86. The highest BCUT2D eigenvalue weighted by molar-refractivity contribution is 7.92. The summed E-state index contributed by atoms with van der Waals surface area (Å²) in [6, 6.07) is 4.57. The molecule has 3 aromatic rings. The van der Waals surface area contributed by atoms with Crippen LogP contribution in [0.2, 0.25) is 5.02 Å². The largest absolute Gasteiger partial charge is 0.488 e. The minimum Gasteiger partial charge on any atom is -0.488 e. The first-order valence-corrected chi connectivity index (χ1v) is 11.3. The van der Waals surface area contributed by atoms with Gasteiger partial charge in [-0.2, -0.15) is 5.10 Å². The van der Waals surface area contributed by atoms with Gasteiger partial charge < -0.3 is 4.74 Å². The van der Waals surface area contributed by atoms with Crippen LogP contribution in [0.4, 0.5) is 19.0 Å². The number of alkyl halides is 2. The van der Waals surface area contributed by atoms with Crippen LogP contribution in [0.1, 0.15) is 30.9 Å². The summed E-state index contributed by atoms with van der Waals surface area (Å²) in [5.41, 5.74) is 0.607. The molecule has 0 spiro atoms. The van der Waals surface area contributed by atoms with E-state index >= 15 is 0 Å². The van der Waals surface area contributed by atoms with Gasteiger partial charge in [0.1, 0.15) is 34.7 Å². The molecule has 2 atom stereocenters. The maximum atomic E-state index is 14.8. The molecule has 0 bridgehead atoms. The highest BCUT2D eigenvalue weighted by Gasteiger charge is 2.44. The van der Waals surface area contributed by atoms with Gasteiger partial charge in [-0.3, -0.25) is 9.82 Å². The Morgan fingerprint density at radius 1 is 1.25 bits per heavy atom. The van der Waals surface area contributed by atoms with Gasteiger partial charge in [0.15, 0.2) is 0 Å². The normalized spacial score (nSPS) is 20.6. The first-order chi connectivity index (χ1) is 15.1. The van der Waals surface area contributed by atoms with E-state index in [1.165, 1.54) is 18.5 Å². The molecule has 0 radical (unpaired) electrons. The number of sulfonamides is 1. The van der Waals surface area contributed by atoms with Crippen molar-refractivity contribution in [2.45, 2.75) is 42.1 Å². The summed E-state index contributed by atoms with van der Waals surface area (Å²) >= 11 is 6.16. The molecular formula is C19H17ClF3N5O3S. The molecule has 32 heavy (non-hydrogen) atoms. The van der Waals surface area contributed by atoms with Gasteiger partial charge in [0, 0.05) is 42.9 Å². The Bertz CT molecular complexity index is 1200. The van der Waals surface area contributed by atoms with Crippen LogP contribution < -0.4 is 9.46 Å². The minimum absolute atomic E-state index is 0.0670. The first-order valence-electron chi connectivity index (χ1n) is 9.46. The van der Waals surface area contributed by atoms with Crippen molar-refractivity contribution in [1.29, 1.82) is 0 Å². The van der Waals surface area contributed by atoms with Gasteiger partial charge in [-0.25, -0.2) is 31.6 Å². The lowest BCUT2D eigenvalue weighted by Gasteiger charge is -2.35. The van der Waals surface area contributed by atoms with Gasteiger partial charge in [0.25, 0.3) is 15.9 Å². The third kappa shape index (κ3) is 4.80. The van der Waals surface area contributed by atoms with Gasteiger partial charge >= 0.3 is 0 Å². The molecule has 1 aromatic carbocycles. The lowest BCUT2D eigenvalue weighted by Crippen LogP contribution is -2.38. The van der Waals surface area contributed by atoms with E-state index in [-0.39, 0.29) is 29.4 Å². The second kappa shape index (κ2) is 8.58. The van der Waals surface area contributed by atoms with Gasteiger partial charge in [0.2, 0.25) is 0 Å². The summed E-state index contributed by atoms with van der Waals surface area (Å²) in [5, 5.41) is 6.35. The molecule has 2 heterocycles. The van der Waals surface area contributed by atoms with Crippen LogP contribution in [0.25, 0.3) is 0 Å². The molecule has 8 nitrogen and oxygen atoms in total. The first kappa shape index (κ1) is 22.3. The van der Waals surface area contributed by atoms with Gasteiger partial charge in [-0.15, -0.1) is 0 Å². The Morgan fingerprint density at radius 3 is 2.75 bits per heavy atom. The van der Waals surface area contributed by atoms with E-state index in [4.69, 9.17) is 16.3 Å². The maximum absolute atomic E-state index is 14.8. The number of aromatic nitrogens is 4. The average molecular weight is 488 g/mol. The van der Waals surface area contributed by atoms with Crippen LogP contribution in [-0.4, -0.2) is 40.6 Å². The predicted octanol–water partition coefficient (Wildman–Crippen LogP) is 4.14. The Morgan fingerprint density at radius 2 is 2.06 bits per heavy atom. The van der Waals surface area contributed by atoms with Gasteiger partial charge in [-0.1, -0.05) is 11.6 Å². The van der Waals surface area contributed by atoms with Crippen LogP contribution in [-0.2, 0) is 10.0 Å². The Kier molecular flexibility index (Phi) is 5.99. The maximum Gasteiger partial charge on any atom is 0.266 e. The molecule has 170 valence electrons. The molecule has 2 N–H and O–H groups in total. The SMILES string of the molecule is O=S(=O)(Nc1ccncn1)c1cc(Cl)c(O[C@H]2CC(F)(F)CC[C@@H]2c2ccn[nH]2)cc1F. The number of rotatable bonds is 6. The van der Waals surface area contributed by atoms with E-state index in [2.05, 4.69) is 24.9 Å². The lowest BCUT2D eigenvalue weighted by atomic mass is 9.82. The number of H-pyrrole nitrogens is 1. The number of nitrogens with one attached hydrogen (secondary N) is 2. The van der Waals surface area contributed by atoms with Crippen LogP contribution >= 0.6 is 11.6 Å². The van der Waals surface area contributed by atoms with E-state index in [1.54, 1.807) is 6.07 Å². The van der Waals surface area contributed by atoms with E-state index in [9.17, 15) is 21.6 Å². The molecule has 4 rings (SSSR count). The number of hydrogen-bond acceptors (Lipinski definition) is 6. The Labute approximate surface area is 186 Å². The molecule has 1 fully saturated rings. The third-order valence-electron chi connectivity index (χ3n) is 5.07. The molecule has 2 aromatic heterocycles. The molecule has 1 aliphatic rings. The monoisotopic (exact) mass is 487 g/mol. The zero-order valence-corrected chi connectivity index (χ0v) is 17.9. The standard InChI is InChI=1S/C19H17ClF3N5O3S/c20-12-7-17(32(29,30)28-18-3-5-24-10-25-18)13(21)8-15(12)31-16-9-19(22,23)4-1-11(16)14-2-6-26-27-14/h2-3,5-8,10-11,16H,1,4,9H2,(H,26,27)(H,24,25,28)/t11-,16+/m1/s1. The number of benzene rings is 1. The van der Waals surface area contributed by atoms with E-state index < -0.39 is 45.1 Å². The molecule has 0 unspecified atom stereocenters. The highest BCUT2D eigenvalue weighted by Crippen LogP contribution is 2.43. The molecule has 0 amide bonds. The van der Waals surface area contributed by atoms with Crippen molar-refractivity contribution in [2.24, 2.45) is 0 Å². The zero-order chi connectivity index (χ0) is 22.9. The predicted molar refractivity (Wildman–Crippen MR) is 109 cm³/mol. The van der Waals surface area contributed by atoms with E-state index in [0.717, 1.165) is 18.5 Å². The van der Waals surface area contributed by atoms with Crippen molar-refractivity contribution in [1.82, 2.24) is 20.2 Å². The summed E-state index contributed by atoms with van der Waals surface area (Å²) in [6.45, 7) is 0. The number of aromatic amines is 1. The molecular weight excluding hydrogens is 471 g/mol. The Balaban J connectivity index is 1.61. The van der Waals surface area contributed by atoms with Crippen molar-refractivity contribution in [2.75, 3.05) is 4.72 Å². The van der Waals surface area contributed by atoms with Crippen molar-refractivity contribution >= 4 is 27.4 Å². The van der Waals surface area contributed by atoms with E-state index in [1.807, 2.05) is 0 Å². The molecule has 1 aliphatic carbocycles. The summed E-state index contributed by atoms with van der Waals surface area (Å²) in [7, 11) is -4.37. The summed E-state index contributed by atoms with van der Waals surface area (Å²) < 4.78 is 75.8. The lowest BCUT2D eigenvalue weighted by molar-refractivity contribution is -0.0777. The van der Waals surface area contributed by atoms with Gasteiger partial charge in [0.05, 0.1) is 5.02 Å². The fourth-order valence-electron chi connectivity index (χ4n) is 3.56. The van der Waals surface area contributed by atoms with Gasteiger partial charge in [-0.05, 0) is 24.6 Å². The summed E-state index contributed by atoms with van der Waals surface area (Å²) in [5.74, 6) is -4.87. The quantitative estimate of drug-likeness (QED) is 0.540. The highest BCUT2D eigenvalue weighted by atomic mass is 35.5. The topological polar surface area (TPSA) is 110 Å². The molecule has 1 saturated carbocycles. The molecule has 0 saturated heterocycles. The van der Waals surface area contributed by atoms with Crippen LogP contribution in [0.5, 0.6) is 5.75 Å². The molecule has 13 heteroatoms. The van der Waals surface area contributed by atoms with Crippen LogP contribution in [0.15, 0.2) is 47.9 Å². The van der Waals surface area contributed by atoms with Crippen LogP contribution in [0, 0.1) is 5.82 Å². The van der Waals surface area contributed by atoms with Crippen molar-refractivity contribution in [3.05, 3.63) is 59.5 Å². The minimum atomic E-state index is -4.37. The van der Waals surface area contributed by atoms with Crippen LogP contribution in [0.3, 0.4) is 0 Å². The summed E-state index contributed by atoms with van der Waals surface area (Å²) in [4.78, 5) is 6.64. The van der Waals surface area contributed by atoms with E-state index in [0.29, 0.717) is 5.69 Å². The fourth-order valence-corrected chi connectivity index (χ4v) is 4.92. The number of ether oxygens (including phenoxy) is 1.